The fraction of sp³-hybridized carbons (Fsp3) is 0.182. The fourth-order valence-electron chi connectivity index (χ4n) is 1.45. The number of aromatic carboxylic acids is 1. The second kappa shape index (κ2) is 4.24. The van der Waals surface area contributed by atoms with E-state index in [0.717, 1.165) is 5.39 Å². The Morgan fingerprint density at radius 2 is 2.31 bits per heavy atom. The van der Waals surface area contributed by atoms with E-state index in [1.54, 1.807) is 6.07 Å². The Bertz CT molecular complexity index is 518. The van der Waals surface area contributed by atoms with Gasteiger partial charge in [0.1, 0.15) is 17.9 Å². The maximum atomic E-state index is 10.9. The summed E-state index contributed by atoms with van der Waals surface area (Å²) in [4.78, 5) is 10.9. The summed E-state index contributed by atoms with van der Waals surface area (Å²) in [6, 6.07) is 4.66. The van der Waals surface area contributed by atoms with Gasteiger partial charge in [0.15, 0.2) is 0 Å². The SMILES string of the molecule is NCCOc1cc(C(=O)O)cc2occc12. The van der Waals surface area contributed by atoms with Crippen LogP contribution in [0.1, 0.15) is 10.4 Å². The lowest BCUT2D eigenvalue weighted by Gasteiger charge is -2.06. The van der Waals surface area contributed by atoms with Crippen molar-refractivity contribution in [1.29, 1.82) is 0 Å². The number of rotatable bonds is 4. The van der Waals surface area contributed by atoms with E-state index < -0.39 is 5.97 Å². The van der Waals surface area contributed by atoms with Crippen molar-refractivity contribution < 1.29 is 19.1 Å². The van der Waals surface area contributed by atoms with E-state index in [4.69, 9.17) is 20.0 Å². The van der Waals surface area contributed by atoms with Crippen LogP contribution in [0.25, 0.3) is 11.0 Å². The predicted octanol–water partition coefficient (Wildman–Crippen LogP) is 1.47. The highest BCUT2D eigenvalue weighted by molar-refractivity contribution is 5.95. The van der Waals surface area contributed by atoms with Gasteiger partial charge in [-0.3, -0.25) is 0 Å². The zero-order valence-electron chi connectivity index (χ0n) is 8.47. The van der Waals surface area contributed by atoms with Crippen LogP contribution in [-0.4, -0.2) is 24.2 Å². The van der Waals surface area contributed by atoms with E-state index in [-0.39, 0.29) is 5.56 Å². The van der Waals surface area contributed by atoms with Gasteiger partial charge in [-0.2, -0.15) is 0 Å². The van der Waals surface area contributed by atoms with Crippen LogP contribution in [0.5, 0.6) is 5.75 Å². The molecule has 3 N–H and O–H groups in total. The molecule has 2 rings (SSSR count). The maximum absolute atomic E-state index is 10.9. The number of nitrogens with two attached hydrogens (primary N) is 1. The van der Waals surface area contributed by atoms with Gasteiger partial charge in [-0.1, -0.05) is 0 Å². The molecule has 0 radical (unpaired) electrons. The van der Waals surface area contributed by atoms with Gasteiger partial charge in [-0.25, -0.2) is 4.79 Å². The van der Waals surface area contributed by atoms with Crippen molar-refractivity contribution in [3.8, 4) is 5.75 Å². The van der Waals surface area contributed by atoms with Crippen LogP contribution < -0.4 is 10.5 Å². The molecule has 5 heteroatoms. The van der Waals surface area contributed by atoms with E-state index in [1.807, 2.05) is 0 Å². The quantitative estimate of drug-likeness (QED) is 0.816. The zero-order chi connectivity index (χ0) is 11.5. The highest BCUT2D eigenvalue weighted by Gasteiger charge is 2.11. The van der Waals surface area contributed by atoms with Gasteiger partial charge < -0.3 is 20.0 Å². The number of carboxylic acid groups (broad SMARTS) is 1. The first kappa shape index (κ1) is 10.5. The minimum atomic E-state index is -1.02. The number of carboxylic acids is 1. The molecule has 0 amide bonds. The molecule has 0 aliphatic heterocycles. The molecule has 1 aromatic heterocycles. The molecule has 1 aromatic carbocycles. The second-order valence-electron chi connectivity index (χ2n) is 3.25. The Kier molecular flexibility index (Phi) is 2.78. The molecule has 0 aliphatic rings. The molecule has 84 valence electrons. The van der Waals surface area contributed by atoms with Crippen LogP contribution in [0, 0.1) is 0 Å². The third-order valence-electron chi connectivity index (χ3n) is 2.16. The van der Waals surface area contributed by atoms with Crippen LogP contribution in [0.3, 0.4) is 0 Å². The van der Waals surface area contributed by atoms with Gasteiger partial charge in [0.05, 0.1) is 17.2 Å². The Hall–Kier alpha value is -2.01. The topological polar surface area (TPSA) is 85.7 Å². The van der Waals surface area contributed by atoms with E-state index in [9.17, 15) is 4.79 Å². The average molecular weight is 221 g/mol. The normalized spacial score (nSPS) is 10.6. The molecule has 0 unspecified atom stereocenters. The average Bonchev–Trinajstić information content (AvgIpc) is 2.73. The lowest BCUT2D eigenvalue weighted by Crippen LogP contribution is -2.11. The van der Waals surface area contributed by atoms with Gasteiger partial charge in [0.2, 0.25) is 0 Å². The van der Waals surface area contributed by atoms with E-state index in [0.29, 0.717) is 24.5 Å². The summed E-state index contributed by atoms with van der Waals surface area (Å²) in [5.41, 5.74) is 5.96. The molecule has 0 saturated heterocycles. The number of ether oxygens (including phenoxy) is 1. The van der Waals surface area contributed by atoms with Gasteiger partial charge >= 0.3 is 5.97 Å². The molecule has 0 atom stereocenters. The summed E-state index contributed by atoms with van der Waals surface area (Å²) < 4.78 is 10.5. The van der Waals surface area contributed by atoms with E-state index in [1.165, 1.54) is 18.4 Å². The van der Waals surface area contributed by atoms with Crippen molar-refractivity contribution >= 4 is 16.9 Å². The van der Waals surface area contributed by atoms with Crippen LogP contribution in [0.4, 0.5) is 0 Å². The lowest BCUT2D eigenvalue weighted by molar-refractivity contribution is 0.0696. The maximum Gasteiger partial charge on any atom is 0.335 e. The smallest absolute Gasteiger partial charge is 0.335 e. The molecule has 0 bridgehead atoms. The van der Waals surface area contributed by atoms with Crippen molar-refractivity contribution in [3.05, 3.63) is 30.0 Å². The van der Waals surface area contributed by atoms with Gasteiger partial charge in [-0.15, -0.1) is 0 Å². The van der Waals surface area contributed by atoms with Crippen LogP contribution in [-0.2, 0) is 0 Å². The number of furan rings is 1. The third-order valence-corrected chi connectivity index (χ3v) is 2.16. The summed E-state index contributed by atoms with van der Waals surface area (Å²) in [5.74, 6) is -0.537. The van der Waals surface area contributed by atoms with E-state index in [2.05, 4.69) is 0 Å². The molecule has 0 spiro atoms. The van der Waals surface area contributed by atoms with Gasteiger partial charge in [0, 0.05) is 6.54 Å². The van der Waals surface area contributed by atoms with Crippen molar-refractivity contribution in [1.82, 2.24) is 0 Å². The zero-order valence-corrected chi connectivity index (χ0v) is 8.47. The summed E-state index contributed by atoms with van der Waals surface area (Å²) in [7, 11) is 0. The first-order valence-corrected chi connectivity index (χ1v) is 4.80. The van der Waals surface area contributed by atoms with Gasteiger partial charge in [0.25, 0.3) is 0 Å². The molecule has 0 saturated carbocycles. The Morgan fingerprint density at radius 1 is 1.50 bits per heavy atom. The fourth-order valence-corrected chi connectivity index (χ4v) is 1.45. The lowest BCUT2D eigenvalue weighted by atomic mass is 10.1. The Morgan fingerprint density at radius 3 is 3.00 bits per heavy atom. The number of benzene rings is 1. The third kappa shape index (κ3) is 1.85. The molecular weight excluding hydrogens is 210 g/mol. The highest BCUT2D eigenvalue weighted by atomic mass is 16.5. The largest absolute Gasteiger partial charge is 0.491 e. The predicted molar refractivity (Wildman–Crippen MR) is 57.7 cm³/mol. The summed E-state index contributed by atoms with van der Waals surface area (Å²) in [6.07, 6.45) is 1.49. The molecule has 0 fully saturated rings. The number of hydrogen-bond acceptors (Lipinski definition) is 4. The Balaban J connectivity index is 2.50. The van der Waals surface area contributed by atoms with Crippen LogP contribution >= 0.6 is 0 Å². The van der Waals surface area contributed by atoms with Crippen LogP contribution in [0.15, 0.2) is 28.9 Å². The van der Waals surface area contributed by atoms with Crippen molar-refractivity contribution in [2.45, 2.75) is 0 Å². The molecule has 0 aliphatic carbocycles. The standard InChI is InChI=1S/C11H11NO4/c12-2-4-16-10-6-7(11(13)14)5-9-8(10)1-3-15-9/h1,3,5-6H,2,4,12H2,(H,13,14). The van der Waals surface area contributed by atoms with Crippen molar-refractivity contribution in [2.75, 3.05) is 13.2 Å². The number of fused-ring (bicyclic) bond motifs is 1. The summed E-state index contributed by atoms with van der Waals surface area (Å²) >= 11 is 0. The molecule has 16 heavy (non-hydrogen) atoms. The first-order valence-electron chi connectivity index (χ1n) is 4.80. The summed E-state index contributed by atoms with van der Waals surface area (Å²) in [6.45, 7) is 0.708. The molecule has 1 heterocycles. The minimum absolute atomic E-state index is 0.134. The molecule has 2 aromatic rings. The van der Waals surface area contributed by atoms with Crippen molar-refractivity contribution in [3.63, 3.8) is 0 Å². The second-order valence-corrected chi connectivity index (χ2v) is 3.25. The minimum Gasteiger partial charge on any atom is -0.491 e. The monoisotopic (exact) mass is 221 g/mol. The summed E-state index contributed by atoms with van der Waals surface area (Å²) in [5, 5.41) is 9.66. The number of hydrogen-bond donors (Lipinski definition) is 2. The molecule has 5 nitrogen and oxygen atoms in total. The van der Waals surface area contributed by atoms with Gasteiger partial charge in [-0.05, 0) is 18.2 Å². The van der Waals surface area contributed by atoms with Crippen LogP contribution in [0.2, 0.25) is 0 Å². The first-order chi connectivity index (χ1) is 7.72. The molecular formula is C11H11NO4. The van der Waals surface area contributed by atoms with E-state index >= 15 is 0 Å². The highest BCUT2D eigenvalue weighted by Crippen LogP contribution is 2.28. The van der Waals surface area contributed by atoms with Crippen molar-refractivity contribution in [2.24, 2.45) is 5.73 Å². The number of carbonyl (C=O) groups is 1. The Labute approximate surface area is 91.4 Å².